The zero-order valence-corrected chi connectivity index (χ0v) is 11.6. The average molecular weight is 290 g/mol. The Morgan fingerprint density at radius 3 is 2.71 bits per heavy atom. The van der Waals surface area contributed by atoms with Gasteiger partial charge in [0.25, 0.3) is 0 Å². The highest BCUT2D eigenvalue weighted by atomic mass is 16.4. The van der Waals surface area contributed by atoms with Gasteiger partial charge in [-0.25, -0.2) is 9.59 Å². The van der Waals surface area contributed by atoms with Crippen LogP contribution in [0.4, 0.5) is 10.5 Å². The lowest BCUT2D eigenvalue weighted by atomic mass is 10.1. The number of amides is 2. The molecule has 0 bridgehead atoms. The first-order valence-corrected chi connectivity index (χ1v) is 7.15. The molecule has 1 saturated heterocycles. The van der Waals surface area contributed by atoms with Crippen LogP contribution in [0.3, 0.4) is 0 Å². The van der Waals surface area contributed by atoms with Crippen molar-refractivity contribution in [3.63, 3.8) is 0 Å². The topological polar surface area (TPSA) is 81.1 Å². The molecule has 1 aromatic rings. The minimum Gasteiger partial charge on any atom is -0.480 e. The van der Waals surface area contributed by atoms with Crippen LogP contribution in [0.1, 0.15) is 18.4 Å². The van der Waals surface area contributed by atoms with Crippen LogP contribution in [0.15, 0.2) is 24.3 Å². The number of carbonyl (C=O) groups is 2. The summed E-state index contributed by atoms with van der Waals surface area (Å²) in [5.74, 6) is -1.00. The van der Waals surface area contributed by atoms with E-state index in [1.54, 1.807) is 17.0 Å². The second-order valence-electron chi connectivity index (χ2n) is 5.58. The lowest BCUT2D eigenvalue weighted by molar-refractivity contribution is -0.138. The van der Waals surface area contributed by atoms with Gasteiger partial charge in [-0.15, -0.1) is 0 Å². The number of nitrogens with zero attached hydrogens (tertiary/aromatic N) is 2. The summed E-state index contributed by atoms with van der Waals surface area (Å²) in [6.45, 7) is 0.824. The molecule has 2 unspecified atom stereocenters. The molecule has 2 amide bonds. The van der Waals surface area contributed by atoms with Crippen LogP contribution >= 0.6 is 0 Å². The molecule has 3 rings (SSSR count). The van der Waals surface area contributed by atoms with Crippen molar-refractivity contribution in [2.24, 2.45) is 0 Å². The Bertz CT molecular complexity index is 575. The summed E-state index contributed by atoms with van der Waals surface area (Å²) in [4.78, 5) is 27.1. The van der Waals surface area contributed by atoms with Crippen molar-refractivity contribution in [1.82, 2.24) is 4.90 Å². The fourth-order valence-electron chi connectivity index (χ4n) is 3.10. The van der Waals surface area contributed by atoms with E-state index < -0.39 is 18.1 Å². The number of piperidine rings is 1. The Kier molecular flexibility index (Phi) is 3.55. The molecule has 21 heavy (non-hydrogen) atoms. The first-order chi connectivity index (χ1) is 10.1. The molecule has 2 aliphatic rings. The van der Waals surface area contributed by atoms with Crippen LogP contribution in [0.25, 0.3) is 0 Å². The molecule has 6 nitrogen and oxygen atoms in total. The summed E-state index contributed by atoms with van der Waals surface area (Å²) >= 11 is 0. The van der Waals surface area contributed by atoms with Crippen LogP contribution in [0.5, 0.6) is 0 Å². The number of aliphatic carboxylic acids is 1. The van der Waals surface area contributed by atoms with E-state index in [4.69, 9.17) is 0 Å². The van der Waals surface area contributed by atoms with Gasteiger partial charge in [0.05, 0.1) is 6.10 Å². The van der Waals surface area contributed by atoms with Crippen molar-refractivity contribution in [3.05, 3.63) is 29.8 Å². The standard InChI is InChI=1S/C15H18N2O4/c18-11-5-3-7-16(9-11)15(21)17-12-6-2-1-4-10(12)8-13(17)14(19)20/h1-2,4,6,11,13,18H,3,5,7-9H2,(H,19,20). The number of carboxylic acids is 1. The monoisotopic (exact) mass is 290 g/mol. The van der Waals surface area contributed by atoms with Gasteiger partial charge >= 0.3 is 12.0 Å². The molecule has 0 radical (unpaired) electrons. The lowest BCUT2D eigenvalue weighted by Gasteiger charge is -2.34. The van der Waals surface area contributed by atoms with Crippen LogP contribution in [-0.4, -0.2) is 52.3 Å². The number of β-amino-alcohol motifs (C(OH)–C–C–N with tert-alkyl or cyclic N) is 1. The van der Waals surface area contributed by atoms with E-state index in [-0.39, 0.29) is 12.6 Å². The SMILES string of the molecule is O=C(O)C1Cc2ccccc2N1C(=O)N1CCCC(O)C1. The Hall–Kier alpha value is -2.08. The first kappa shape index (κ1) is 13.9. The third-order valence-electron chi connectivity index (χ3n) is 4.13. The zero-order valence-electron chi connectivity index (χ0n) is 11.6. The van der Waals surface area contributed by atoms with Crippen molar-refractivity contribution in [1.29, 1.82) is 0 Å². The Labute approximate surface area is 122 Å². The number of carboxylic acid groups (broad SMARTS) is 1. The highest BCUT2D eigenvalue weighted by Gasteiger charge is 2.40. The number of urea groups is 1. The molecule has 0 aromatic heterocycles. The molecule has 6 heteroatoms. The normalized spacial score (nSPS) is 24.8. The van der Waals surface area contributed by atoms with Crippen molar-refractivity contribution in [2.75, 3.05) is 18.0 Å². The summed E-state index contributed by atoms with van der Waals surface area (Å²) < 4.78 is 0. The number of para-hydroxylation sites is 1. The van der Waals surface area contributed by atoms with Gasteiger partial charge in [-0.05, 0) is 24.5 Å². The number of rotatable bonds is 1. The van der Waals surface area contributed by atoms with Gasteiger partial charge < -0.3 is 15.1 Å². The minimum absolute atomic E-state index is 0.268. The maximum Gasteiger partial charge on any atom is 0.327 e. The highest BCUT2D eigenvalue weighted by molar-refractivity contribution is 6.01. The lowest BCUT2D eigenvalue weighted by Crippen LogP contribution is -2.53. The Balaban J connectivity index is 1.90. The Morgan fingerprint density at radius 1 is 1.24 bits per heavy atom. The molecule has 1 fully saturated rings. The second kappa shape index (κ2) is 5.37. The first-order valence-electron chi connectivity index (χ1n) is 7.15. The third-order valence-corrected chi connectivity index (χ3v) is 4.13. The van der Waals surface area contributed by atoms with E-state index >= 15 is 0 Å². The second-order valence-corrected chi connectivity index (χ2v) is 5.58. The van der Waals surface area contributed by atoms with E-state index in [2.05, 4.69) is 0 Å². The van der Waals surface area contributed by atoms with Gasteiger partial charge in [-0.1, -0.05) is 18.2 Å². The van der Waals surface area contributed by atoms with Crippen molar-refractivity contribution >= 4 is 17.7 Å². The predicted molar refractivity (Wildman–Crippen MR) is 76.3 cm³/mol. The largest absolute Gasteiger partial charge is 0.480 e. The summed E-state index contributed by atoms with van der Waals surface area (Å²) in [5.41, 5.74) is 1.53. The number of aliphatic hydroxyl groups is 1. The molecule has 0 aliphatic carbocycles. The minimum atomic E-state index is -1.00. The number of hydrogen-bond acceptors (Lipinski definition) is 3. The molecule has 2 N–H and O–H groups in total. The summed E-state index contributed by atoms with van der Waals surface area (Å²) in [7, 11) is 0. The maximum atomic E-state index is 12.7. The van der Waals surface area contributed by atoms with Gasteiger partial charge in [0.15, 0.2) is 0 Å². The average Bonchev–Trinajstić information content (AvgIpc) is 2.86. The quantitative estimate of drug-likeness (QED) is 0.811. The molecular formula is C15H18N2O4. The van der Waals surface area contributed by atoms with E-state index in [1.807, 2.05) is 12.1 Å². The van der Waals surface area contributed by atoms with Crippen LogP contribution in [0.2, 0.25) is 0 Å². The van der Waals surface area contributed by atoms with E-state index in [0.29, 0.717) is 25.1 Å². The molecule has 112 valence electrons. The smallest absolute Gasteiger partial charge is 0.327 e. The van der Waals surface area contributed by atoms with Crippen molar-refractivity contribution in [2.45, 2.75) is 31.4 Å². The van der Waals surface area contributed by atoms with Gasteiger partial charge in [0.1, 0.15) is 6.04 Å². The third kappa shape index (κ3) is 2.47. The predicted octanol–water partition coefficient (Wildman–Crippen LogP) is 1.08. The number of likely N-dealkylation sites (tertiary alicyclic amines) is 1. The molecule has 2 atom stereocenters. The molecule has 2 aliphatic heterocycles. The van der Waals surface area contributed by atoms with E-state index in [9.17, 15) is 19.8 Å². The van der Waals surface area contributed by atoms with Gasteiger partial charge in [-0.3, -0.25) is 4.90 Å². The van der Waals surface area contributed by atoms with Crippen molar-refractivity contribution in [3.8, 4) is 0 Å². The van der Waals surface area contributed by atoms with Crippen LogP contribution in [0, 0.1) is 0 Å². The van der Waals surface area contributed by atoms with Gasteiger partial charge in [-0.2, -0.15) is 0 Å². The molecular weight excluding hydrogens is 272 g/mol. The summed E-state index contributed by atoms with van der Waals surface area (Å²) in [6.07, 6.45) is 1.22. The number of carbonyl (C=O) groups excluding carboxylic acids is 1. The molecule has 0 saturated carbocycles. The van der Waals surface area contributed by atoms with Crippen molar-refractivity contribution < 1.29 is 19.8 Å². The summed E-state index contributed by atoms with van der Waals surface area (Å²) in [5, 5.41) is 19.1. The number of hydrogen-bond donors (Lipinski definition) is 2. The highest BCUT2D eigenvalue weighted by Crippen LogP contribution is 2.33. The zero-order chi connectivity index (χ0) is 15.0. The van der Waals surface area contributed by atoms with Gasteiger partial charge in [0, 0.05) is 25.2 Å². The molecule has 1 aromatic carbocycles. The van der Waals surface area contributed by atoms with Crippen LogP contribution < -0.4 is 4.90 Å². The number of fused-ring (bicyclic) bond motifs is 1. The van der Waals surface area contributed by atoms with E-state index in [1.165, 1.54) is 4.90 Å². The molecule has 0 spiro atoms. The number of aliphatic hydroxyl groups excluding tert-OH is 1. The van der Waals surface area contributed by atoms with Gasteiger partial charge in [0.2, 0.25) is 0 Å². The summed E-state index contributed by atoms with van der Waals surface area (Å²) in [6, 6.07) is 6.07. The maximum absolute atomic E-state index is 12.7. The fraction of sp³-hybridized carbons (Fsp3) is 0.467. The van der Waals surface area contributed by atoms with Crippen LogP contribution in [-0.2, 0) is 11.2 Å². The Morgan fingerprint density at radius 2 is 2.00 bits per heavy atom. The molecule has 2 heterocycles. The van der Waals surface area contributed by atoms with E-state index in [0.717, 1.165) is 12.0 Å². The number of benzene rings is 1. The number of anilines is 1. The fourth-order valence-corrected chi connectivity index (χ4v) is 3.10.